The van der Waals surface area contributed by atoms with Gasteiger partial charge >= 0.3 is 6.18 Å². The highest BCUT2D eigenvalue weighted by molar-refractivity contribution is 5.57. The number of phenolic OH excluding ortho intramolecular Hbond substituents is 2. The van der Waals surface area contributed by atoms with E-state index in [1.165, 1.54) is 18.2 Å². The lowest BCUT2D eigenvalue weighted by Gasteiger charge is -2.23. The van der Waals surface area contributed by atoms with Gasteiger partial charge in [0.05, 0.1) is 5.56 Å². The molecule has 0 fully saturated rings. The van der Waals surface area contributed by atoms with Crippen LogP contribution in [0.2, 0.25) is 0 Å². The third-order valence-corrected chi connectivity index (χ3v) is 3.14. The maximum atomic E-state index is 13.0. The normalized spacial score (nSPS) is 13.3. The summed E-state index contributed by atoms with van der Waals surface area (Å²) in [6, 6.07) is 6.06. The molecule has 0 amide bonds. The van der Waals surface area contributed by atoms with Gasteiger partial charge in [0.15, 0.2) is 0 Å². The van der Waals surface area contributed by atoms with Crippen molar-refractivity contribution in [3.63, 3.8) is 0 Å². The molecule has 2 aromatic rings. The van der Waals surface area contributed by atoms with E-state index < -0.39 is 17.5 Å². The van der Waals surface area contributed by atoms with Crippen LogP contribution in [-0.2, 0) is 12.6 Å². The molecule has 0 saturated heterocycles. The van der Waals surface area contributed by atoms with E-state index in [4.69, 9.17) is 4.74 Å². The third kappa shape index (κ3) is 2.03. The molecule has 0 atom stereocenters. The molecule has 0 bridgehead atoms. The first-order valence-electron chi connectivity index (χ1n) is 5.77. The molecule has 2 N–H and O–H groups in total. The maximum absolute atomic E-state index is 13.0. The van der Waals surface area contributed by atoms with Gasteiger partial charge in [0, 0.05) is 24.1 Å². The number of benzene rings is 2. The van der Waals surface area contributed by atoms with E-state index >= 15 is 0 Å². The Morgan fingerprint density at radius 2 is 1.65 bits per heavy atom. The van der Waals surface area contributed by atoms with Gasteiger partial charge in [0.2, 0.25) is 0 Å². The first-order valence-corrected chi connectivity index (χ1v) is 5.77. The van der Waals surface area contributed by atoms with E-state index in [0.717, 1.165) is 6.07 Å². The fourth-order valence-corrected chi connectivity index (χ4v) is 2.25. The van der Waals surface area contributed by atoms with Crippen LogP contribution in [0.1, 0.15) is 16.7 Å². The Kier molecular flexibility index (Phi) is 2.57. The molecular weight excluding hydrogens is 273 g/mol. The molecule has 0 radical (unpaired) electrons. The van der Waals surface area contributed by atoms with Gasteiger partial charge in [0.1, 0.15) is 23.0 Å². The fourth-order valence-electron chi connectivity index (χ4n) is 2.25. The van der Waals surface area contributed by atoms with Crippen LogP contribution in [0.25, 0.3) is 0 Å². The number of hydrogen-bond donors (Lipinski definition) is 2. The zero-order valence-corrected chi connectivity index (χ0v) is 10.0. The van der Waals surface area contributed by atoms with Crippen LogP contribution in [0.4, 0.5) is 13.2 Å². The Morgan fingerprint density at radius 3 is 2.35 bits per heavy atom. The topological polar surface area (TPSA) is 49.7 Å². The second-order valence-corrected chi connectivity index (χ2v) is 4.54. The average Bonchev–Trinajstić information content (AvgIpc) is 2.34. The molecule has 2 aromatic carbocycles. The van der Waals surface area contributed by atoms with Gasteiger partial charge in [-0.15, -0.1) is 0 Å². The number of fused-ring (bicyclic) bond motifs is 2. The molecule has 1 aliphatic rings. The predicted octanol–water partition coefficient (Wildman–Crippen LogP) is 3.81. The van der Waals surface area contributed by atoms with Crippen molar-refractivity contribution in [3.05, 3.63) is 47.0 Å². The van der Waals surface area contributed by atoms with E-state index in [0.29, 0.717) is 11.6 Å². The Balaban J connectivity index is 2.16. The molecular formula is C14H9F3O3. The third-order valence-electron chi connectivity index (χ3n) is 3.14. The van der Waals surface area contributed by atoms with Crippen molar-refractivity contribution in [1.29, 1.82) is 0 Å². The Morgan fingerprint density at radius 1 is 0.950 bits per heavy atom. The number of alkyl halides is 3. The summed E-state index contributed by atoms with van der Waals surface area (Å²) < 4.78 is 44.3. The Bertz CT molecular complexity index is 693. The van der Waals surface area contributed by atoms with Crippen molar-refractivity contribution < 1.29 is 28.1 Å². The fraction of sp³-hybridized carbons (Fsp3) is 0.143. The lowest BCUT2D eigenvalue weighted by atomic mass is 9.95. The van der Waals surface area contributed by atoms with Gasteiger partial charge in [-0.1, -0.05) is 6.07 Å². The summed E-state index contributed by atoms with van der Waals surface area (Å²) in [4.78, 5) is 0. The van der Waals surface area contributed by atoms with E-state index in [1.54, 1.807) is 0 Å². The van der Waals surface area contributed by atoms with E-state index in [1.807, 2.05) is 0 Å². The monoisotopic (exact) mass is 282 g/mol. The summed E-state index contributed by atoms with van der Waals surface area (Å²) in [6.45, 7) is 0. The average molecular weight is 282 g/mol. The quantitative estimate of drug-likeness (QED) is 0.659. The van der Waals surface area contributed by atoms with Crippen molar-refractivity contribution >= 4 is 0 Å². The van der Waals surface area contributed by atoms with Crippen LogP contribution >= 0.6 is 0 Å². The maximum Gasteiger partial charge on any atom is 0.416 e. The first-order chi connectivity index (χ1) is 9.34. The molecule has 0 saturated carbocycles. The summed E-state index contributed by atoms with van der Waals surface area (Å²) in [6.07, 6.45) is -4.54. The van der Waals surface area contributed by atoms with Gasteiger partial charge < -0.3 is 14.9 Å². The molecule has 6 heteroatoms. The summed E-state index contributed by atoms with van der Waals surface area (Å²) in [7, 11) is 0. The van der Waals surface area contributed by atoms with Gasteiger partial charge in [0.25, 0.3) is 0 Å². The number of rotatable bonds is 0. The smallest absolute Gasteiger partial charge is 0.416 e. The molecule has 3 rings (SSSR count). The first kappa shape index (κ1) is 12.7. The highest BCUT2D eigenvalue weighted by Crippen LogP contribution is 2.45. The van der Waals surface area contributed by atoms with Crippen LogP contribution in [0.15, 0.2) is 30.3 Å². The van der Waals surface area contributed by atoms with Crippen LogP contribution in [0, 0.1) is 0 Å². The minimum atomic E-state index is -4.57. The molecule has 0 spiro atoms. The van der Waals surface area contributed by atoms with Gasteiger partial charge in [-0.05, 0) is 17.7 Å². The van der Waals surface area contributed by atoms with Crippen LogP contribution in [0.3, 0.4) is 0 Å². The molecule has 0 aromatic heterocycles. The molecule has 0 aliphatic carbocycles. The van der Waals surface area contributed by atoms with Crippen molar-refractivity contribution in [3.8, 4) is 23.0 Å². The summed E-state index contributed by atoms with van der Waals surface area (Å²) in [5.74, 6) is -0.310. The van der Waals surface area contributed by atoms with Crippen molar-refractivity contribution in [2.45, 2.75) is 12.6 Å². The van der Waals surface area contributed by atoms with E-state index in [2.05, 4.69) is 0 Å². The number of hydrogen-bond acceptors (Lipinski definition) is 3. The Labute approximate surface area is 111 Å². The zero-order valence-electron chi connectivity index (χ0n) is 10.0. The van der Waals surface area contributed by atoms with Crippen molar-refractivity contribution in [1.82, 2.24) is 0 Å². The van der Waals surface area contributed by atoms with E-state index in [-0.39, 0.29) is 29.2 Å². The van der Waals surface area contributed by atoms with Crippen LogP contribution in [-0.4, -0.2) is 10.2 Å². The van der Waals surface area contributed by atoms with Gasteiger partial charge in [-0.25, -0.2) is 0 Å². The number of halogens is 3. The van der Waals surface area contributed by atoms with Crippen molar-refractivity contribution in [2.24, 2.45) is 0 Å². The predicted molar refractivity (Wildman–Crippen MR) is 64.1 cm³/mol. The summed E-state index contributed by atoms with van der Waals surface area (Å²) in [5, 5.41) is 18.8. The minimum absolute atomic E-state index is 0.0199. The van der Waals surface area contributed by atoms with Gasteiger partial charge in [-0.2, -0.15) is 13.2 Å². The van der Waals surface area contributed by atoms with Crippen molar-refractivity contribution in [2.75, 3.05) is 0 Å². The lowest BCUT2D eigenvalue weighted by Crippen LogP contribution is -2.13. The highest BCUT2D eigenvalue weighted by Gasteiger charge is 2.37. The second-order valence-electron chi connectivity index (χ2n) is 4.54. The molecule has 0 unspecified atom stereocenters. The molecule has 3 nitrogen and oxygen atoms in total. The molecule has 104 valence electrons. The van der Waals surface area contributed by atoms with E-state index in [9.17, 15) is 23.4 Å². The minimum Gasteiger partial charge on any atom is -0.508 e. The zero-order chi connectivity index (χ0) is 14.5. The summed E-state index contributed by atoms with van der Waals surface area (Å²) in [5.41, 5.74) is -0.383. The molecule has 1 aliphatic heterocycles. The molecule has 1 heterocycles. The van der Waals surface area contributed by atoms with Gasteiger partial charge in [-0.3, -0.25) is 0 Å². The Hall–Kier alpha value is -2.37. The lowest BCUT2D eigenvalue weighted by molar-refractivity contribution is -0.138. The van der Waals surface area contributed by atoms with Crippen LogP contribution in [0.5, 0.6) is 23.0 Å². The SMILES string of the molecule is Oc1ccc2c(c1)Oc1cc(O)cc(C(F)(F)F)c1C2. The second kappa shape index (κ2) is 4.06. The standard InChI is InChI=1S/C14H9F3O3/c15-14(16,17)11-4-9(19)6-13-10(11)3-7-1-2-8(18)5-12(7)20-13/h1-2,4-6,18-19H,3H2. The number of phenols is 2. The summed E-state index contributed by atoms with van der Waals surface area (Å²) >= 11 is 0. The number of ether oxygens (including phenoxy) is 1. The van der Waals surface area contributed by atoms with Crippen LogP contribution < -0.4 is 4.74 Å². The largest absolute Gasteiger partial charge is 0.508 e. The highest BCUT2D eigenvalue weighted by atomic mass is 19.4. The molecule has 20 heavy (non-hydrogen) atoms. The number of aromatic hydroxyl groups is 2.